The first-order valence-corrected chi connectivity index (χ1v) is 7.17. The lowest BCUT2D eigenvalue weighted by Crippen LogP contribution is -2.25. The van der Waals surface area contributed by atoms with E-state index in [2.05, 4.69) is 41.6 Å². The smallest absolute Gasteiger partial charge is 0.165 e. The average molecular weight is 251 g/mol. The molecule has 0 bridgehead atoms. The third-order valence-electron chi connectivity index (χ3n) is 3.80. The van der Waals surface area contributed by atoms with Crippen LogP contribution in [-0.4, -0.2) is 26.2 Å². The summed E-state index contributed by atoms with van der Waals surface area (Å²) < 4.78 is 2.05. The van der Waals surface area contributed by atoms with Crippen molar-refractivity contribution in [2.24, 2.45) is 5.92 Å². The molecule has 1 N–H and O–H groups in total. The molecule has 0 aromatic carbocycles. The first kappa shape index (κ1) is 13.5. The normalized spacial score (nSPS) is 25.3. The molecular weight excluding hydrogens is 226 g/mol. The van der Waals surface area contributed by atoms with Crippen LogP contribution in [0.4, 0.5) is 0 Å². The van der Waals surface area contributed by atoms with Crippen LogP contribution in [-0.2, 0) is 6.54 Å². The Morgan fingerprint density at radius 3 is 2.89 bits per heavy atom. The maximum Gasteiger partial charge on any atom is 0.165 e. The van der Waals surface area contributed by atoms with E-state index in [4.69, 9.17) is 0 Å². The van der Waals surface area contributed by atoms with Crippen molar-refractivity contribution in [3.63, 3.8) is 0 Å². The first-order valence-electron chi connectivity index (χ1n) is 7.17. The highest BCUT2D eigenvalue weighted by molar-refractivity contribution is 4.85. The SMILES string of the molecule is CC1CCCC(n2nnnc2CNC(C)C)CC1. The van der Waals surface area contributed by atoms with Gasteiger partial charge in [-0.05, 0) is 35.6 Å². The zero-order valence-electron chi connectivity index (χ0n) is 11.8. The predicted molar refractivity (Wildman–Crippen MR) is 71.1 cm³/mol. The molecule has 2 atom stereocenters. The molecule has 2 unspecified atom stereocenters. The van der Waals surface area contributed by atoms with Crippen molar-refractivity contribution in [3.8, 4) is 0 Å². The Morgan fingerprint density at radius 1 is 1.28 bits per heavy atom. The first-order chi connectivity index (χ1) is 8.66. The van der Waals surface area contributed by atoms with E-state index in [0.717, 1.165) is 18.3 Å². The highest BCUT2D eigenvalue weighted by atomic mass is 15.6. The molecule has 102 valence electrons. The van der Waals surface area contributed by atoms with Gasteiger partial charge in [-0.1, -0.05) is 33.6 Å². The molecule has 1 fully saturated rings. The van der Waals surface area contributed by atoms with Crippen LogP contribution in [0.15, 0.2) is 0 Å². The highest BCUT2D eigenvalue weighted by Gasteiger charge is 2.21. The Morgan fingerprint density at radius 2 is 2.11 bits per heavy atom. The van der Waals surface area contributed by atoms with Crippen LogP contribution in [0.5, 0.6) is 0 Å². The Bertz CT molecular complexity index is 360. The average Bonchev–Trinajstić information content (AvgIpc) is 2.69. The second-order valence-electron chi connectivity index (χ2n) is 5.84. The van der Waals surface area contributed by atoms with Gasteiger partial charge in [-0.25, -0.2) is 4.68 Å². The van der Waals surface area contributed by atoms with Crippen molar-refractivity contribution in [2.45, 2.75) is 71.5 Å². The summed E-state index contributed by atoms with van der Waals surface area (Å²) in [7, 11) is 0. The van der Waals surface area contributed by atoms with Gasteiger partial charge in [0.2, 0.25) is 0 Å². The van der Waals surface area contributed by atoms with Gasteiger partial charge >= 0.3 is 0 Å². The predicted octanol–water partition coefficient (Wildman–Crippen LogP) is 2.31. The summed E-state index contributed by atoms with van der Waals surface area (Å²) >= 11 is 0. The number of tetrazole rings is 1. The minimum Gasteiger partial charge on any atom is -0.308 e. The van der Waals surface area contributed by atoms with Crippen molar-refractivity contribution in [3.05, 3.63) is 5.82 Å². The fraction of sp³-hybridized carbons (Fsp3) is 0.923. The lowest BCUT2D eigenvalue weighted by Gasteiger charge is -2.16. The number of hydrogen-bond acceptors (Lipinski definition) is 4. The van der Waals surface area contributed by atoms with Crippen LogP contribution < -0.4 is 5.32 Å². The molecule has 0 saturated heterocycles. The quantitative estimate of drug-likeness (QED) is 0.834. The summed E-state index contributed by atoms with van der Waals surface area (Å²) in [6, 6.07) is 0.957. The molecule has 5 nitrogen and oxygen atoms in total. The lowest BCUT2D eigenvalue weighted by molar-refractivity contribution is 0.373. The molecule has 1 saturated carbocycles. The number of nitrogens with one attached hydrogen (secondary N) is 1. The van der Waals surface area contributed by atoms with Crippen molar-refractivity contribution in [2.75, 3.05) is 0 Å². The maximum atomic E-state index is 4.20. The summed E-state index contributed by atoms with van der Waals surface area (Å²) in [4.78, 5) is 0. The molecule has 1 aromatic heterocycles. The van der Waals surface area contributed by atoms with Crippen LogP contribution in [0, 0.1) is 5.92 Å². The summed E-state index contributed by atoms with van der Waals surface area (Å²) in [5.41, 5.74) is 0. The van der Waals surface area contributed by atoms with Gasteiger partial charge < -0.3 is 5.32 Å². The van der Waals surface area contributed by atoms with Gasteiger partial charge in [0, 0.05) is 6.04 Å². The Balaban J connectivity index is 2.01. The van der Waals surface area contributed by atoms with Crippen molar-refractivity contribution in [1.82, 2.24) is 25.5 Å². The van der Waals surface area contributed by atoms with Gasteiger partial charge in [-0.2, -0.15) is 0 Å². The van der Waals surface area contributed by atoms with Gasteiger partial charge in [0.15, 0.2) is 5.82 Å². The monoisotopic (exact) mass is 251 g/mol. The Labute approximate surface area is 109 Å². The van der Waals surface area contributed by atoms with E-state index in [1.54, 1.807) is 0 Å². The van der Waals surface area contributed by atoms with Gasteiger partial charge in [-0.15, -0.1) is 5.10 Å². The molecule has 18 heavy (non-hydrogen) atoms. The molecule has 2 rings (SSSR count). The van der Waals surface area contributed by atoms with E-state index < -0.39 is 0 Å². The molecule has 0 amide bonds. The molecule has 0 spiro atoms. The van der Waals surface area contributed by atoms with Crippen LogP contribution in [0.25, 0.3) is 0 Å². The second-order valence-corrected chi connectivity index (χ2v) is 5.84. The molecular formula is C13H25N5. The number of hydrogen-bond donors (Lipinski definition) is 1. The largest absolute Gasteiger partial charge is 0.308 e. The molecule has 1 aliphatic rings. The van der Waals surface area contributed by atoms with E-state index in [0.29, 0.717) is 12.1 Å². The number of nitrogens with zero attached hydrogens (tertiary/aromatic N) is 4. The molecule has 0 radical (unpaired) electrons. The Hall–Kier alpha value is -0.970. The van der Waals surface area contributed by atoms with Crippen molar-refractivity contribution >= 4 is 0 Å². The summed E-state index contributed by atoms with van der Waals surface area (Å²) in [6.07, 6.45) is 6.35. The molecule has 5 heteroatoms. The van der Waals surface area contributed by atoms with Gasteiger partial charge in [0.25, 0.3) is 0 Å². The zero-order valence-corrected chi connectivity index (χ0v) is 11.8. The molecule has 1 aliphatic carbocycles. The molecule has 0 aliphatic heterocycles. The maximum absolute atomic E-state index is 4.20. The second kappa shape index (κ2) is 6.27. The van der Waals surface area contributed by atoms with Crippen LogP contribution in [0.1, 0.15) is 64.7 Å². The lowest BCUT2D eigenvalue weighted by atomic mass is 10.0. The van der Waals surface area contributed by atoms with Gasteiger partial charge in [0.1, 0.15) is 0 Å². The topological polar surface area (TPSA) is 55.6 Å². The third-order valence-corrected chi connectivity index (χ3v) is 3.80. The summed E-state index contributed by atoms with van der Waals surface area (Å²) in [5.74, 6) is 1.83. The fourth-order valence-corrected chi connectivity index (χ4v) is 2.62. The molecule has 1 aromatic rings. The Kier molecular flexibility index (Phi) is 4.69. The van der Waals surface area contributed by atoms with Crippen molar-refractivity contribution in [1.29, 1.82) is 0 Å². The summed E-state index contributed by atoms with van der Waals surface area (Å²) in [5, 5.41) is 15.6. The summed E-state index contributed by atoms with van der Waals surface area (Å²) in [6.45, 7) is 7.39. The van der Waals surface area contributed by atoms with Crippen LogP contribution >= 0.6 is 0 Å². The van der Waals surface area contributed by atoms with E-state index in [9.17, 15) is 0 Å². The third kappa shape index (κ3) is 3.51. The fourth-order valence-electron chi connectivity index (χ4n) is 2.62. The van der Waals surface area contributed by atoms with E-state index in [1.807, 2.05) is 4.68 Å². The van der Waals surface area contributed by atoms with Gasteiger partial charge in [0.05, 0.1) is 12.6 Å². The number of rotatable bonds is 4. The standard InChI is InChI=1S/C13H25N5/c1-10(2)14-9-13-15-16-17-18(13)12-6-4-5-11(3)7-8-12/h10-12,14H,4-9H2,1-3H3. The molecule has 1 heterocycles. The van der Waals surface area contributed by atoms with E-state index in [-0.39, 0.29) is 0 Å². The van der Waals surface area contributed by atoms with Crippen molar-refractivity contribution < 1.29 is 0 Å². The minimum absolute atomic E-state index is 0.462. The number of aromatic nitrogens is 4. The van der Waals surface area contributed by atoms with E-state index >= 15 is 0 Å². The van der Waals surface area contributed by atoms with Crippen LogP contribution in [0.3, 0.4) is 0 Å². The minimum atomic E-state index is 0.462. The van der Waals surface area contributed by atoms with Crippen LogP contribution in [0.2, 0.25) is 0 Å². The zero-order chi connectivity index (χ0) is 13.0. The van der Waals surface area contributed by atoms with E-state index in [1.165, 1.54) is 32.1 Å². The van der Waals surface area contributed by atoms with Gasteiger partial charge in [-0.3, -0.25) is 0 Å². The highest BCUT2D eigenvalue weighted by Crippen LogP contribution is 2.29.